The van der Waals surface area contributed by atoms with Crippen molar-refractivity contribution in [2.45, 2.75) is 12.5 Å². The van der Waals surface area contributed by atoms with Gasteiger partial charge in [0.15, 0.2) is 0 Å². The summed E-state index contributed by atoms with van der Waals surface area (Å²) in [6, 6.07) is 15.4. The summed E-state index contributed by atoms with van der Waals surface area (Å²) in [6.45, 7) is 5.05. The van der Waals surface area contributed by atoms with Crippen LogP contribution in [0.25, 0.3) is 0 Å². The van der Waals surface area contributed by atoms with Crippen molar-refractivity contribution in [2.24, 2.45) is 0 Å². The van der Waals surface area contributed by atoms with Crippen molar-refractivity contribution in [3.05, 3.63) is 71.5 Å². The lowest BCUT2D eigenvalue weighted by Crippen LogP contribution is -2.46. The first-order chi connectivity index (χ1) is 14.7. The van der Waals surface area contributed by atoms with Gasteiger partial charge >= 0.3 is 5.88 Å². The highest BCUT2D eigenvalue weighted by molar-refractivity contribution is 5.62. The van der Waals surface area contributed by atoms with Gasteiger partial charge in [0.05, 0.1) is 25.7 Å². The molecule has 1 fully saturated rings. The number of phenols is 1. The number of hydrogen-bond donors (Lipinski definition) is 2. The van der Waals surface area contributed by atoms with Gasteiger partial charge in [0.1, 0.15) is 17.1 Å². The fourth-order valence-electron chi connectivity index (χ4n) is 4.22. The maximum Gasteiger partial charge on any atom is 0.306 e. The van der Waals surface area contributed by atoms with E-state index in [2.05, 4.69) is 22.0 Å². The topological polar surface area (TPSA) is 84.7 Å². The second kappa shape index (κ2) is 7.93. The lowest BCUT2D eigenvalue weighted by Gasteiger charge is -2.28. The van der Waals surface area contributed by atoms with Gasteiger partial charge in [0, 0.05) is 31.3 Å². The fourth-order valence-corrected chi connectivity index (χ4v) is 4.22. The minimum absolute atomic E-state index is 0.117. The molecule has 2 aliphatic heterocycles. The zero-order valence-corrected chi connectivity index (χ0v) is 16.7. The third-order valence-corrected chi connectivity index (χ3v) is 5.83. The normalized spacial score (nSPS) is 18.3. The largest absolute Gasteiger partial charge is 0.508 e. The smallest absolute Gasteiger partial charge is 0.306 e. The Hall–Kier alpha value is -3.16. The molecule has 2 aliphatic rings. The van der Waals surface area contributed by atoms with E-state index in [4.69, 9.17) is 15.2 Å². The number of nitrogen functional groups attached to an aromatic ring is 1. The highest BCUT2D eigenvalue weighted by atomic mass is 16.5. The van der Waals surface area contributed by atoms with Crippen molar-refractivity contribution in [1.29, 1.82) is 0 Å². The molecule has 1 atom stereocenters. The third kappa shape index (κ3) is 3.46. The van der Waals surface area contributed by atoms with E-state index in [9.17, 15) is 5.11 Å². The zero-order valence-electron chi connectivity index (χ0n) is 16.7. The average Bonchev–Trinajstić information content (AvgIpc) is 2.78. The summed E-state index contributed by atoms with van der Waals surface area (Å²) in [6.07, 6.45) is 1.74. The van der Waals surface area contributed by atoms with E-state index in [1.54, 1.807) is 18.5 Å². The van der Waals surface area contributed by atoms with Gasteiger partial charge < -0.3 is 20.3 Å². The monoisotopic (exact) mass is 405 g/mol. The number of hydrogen-bond acceptors (Lipinski definition) is 6. The van der Waals surface area contributed by atoms with Gasteiger partial charge in [-0.1, -0.05) is 41.4 Å². The summed E-state index contributed by atoms with van der Waals surface area (Å²) < 4.78 is 13.5. The van der Waals surface area contributed by atoms with Crippen molar-refractivity contribution >= 4 is 5.82 Å². The standard InChI is InChI=1S/C23H24N4O3/c24-22-21-20(16-4-2-1-3-5-16)18-7-6-17(28)14-19(18)30-23(21)25-15-27(22)9-8-26-10-12-29-13-11-26/h1-7,14-15,20,24,28H,8-13H2/p+1/t20-/m1/s1. The van der Waals surface area contributed by atoms with Crippen LogP contribution in [0.4, 0.5) is 5.82 Å². The Labute approximate surface area is 175 Å². The summed E-state index contributed by atoms with van der Waals surface area (Å²) in [5.41, 5.74) is 9.62. The Bertz CT molecular complexity index is 1050. The van der Waals surface area contributed by atoms with Gasteiger partial charge in [0.2, 0.25) is 12.1 Å². The highest BCUT2D eigenvalue weighted by Crippen LogP contribution is 2.48. The number of nitrogens with two attached hydrogens (primary N) is 1. The molecule has 0 radical (unpaired) electrons. The van der Waals surface area contributed by atoms with E-state index in [1.807, 2.05) is 28.8 Å². The Morgan fingerprint density at radius 3 is 2.73 bits per heavy atom. The van der Waals surface area contributed by atoms with E-state index in [-0.39, 0.29) is 11.7 Å². The molecule has 0 spiro atoms. The first kappa shape index (κ1) is 18.8. The highest BCUT2D eigenvalue weighted by Gasteiger charge is 2.36. The number of nitrogens with zero attached hydrogens (tertiary/aromatic N) is 3. The molecule has 3 heterocycles. The van der Waals surface area contributed by atoms with Gasteiger partial charge in [-0.2, -0.15) is 0 Å². The van der Waals surface area contributed by atoms with Crippen molar-refractivity contribution in [3.8, 4) is 17.4 Å². The number of morpholine rings is 1. The number of aromatic nitrogens is 2. The molecule has 1 saturated heterocycles. The molecule has 7 heteroatoms. The van der Waals surface area contributed by atoms with Crippen LogP contribution in [0.2, 0.25) is 0 Å². The van der Waals surface area contributed by atoms with E-state index >= 15 is 0 Å². The summed E-state index contributed by atoms with van der Waals surface area (Å²) in [4.78, 5) is 6.96. The van der Waals surface area contributed by atoms with E-state index in [1.165, 1.54) is 0 Å². The van der Waals surface area contributed by atoms with Crippen LogP contribution in [-0.2, 0) is 11.3 Å². The minimum Gasteiger partial charge on any atom is -0.508 e. The van der Waals surface area contributed by atoms with Gasteiger partial charge in [-0.15, -0.1) is 0 Å². The van der Waals surface area contributed by atoms with Crippen LogP contribution < -0.4 is 15.0 Å². The van der Waals surface area contributed by atoms with Crippen LogP contribution in [-0.4, -0.2) is 47.8 Å². The molecule has 5 rings (SSSR count). The Balaban J connectivity index is 1.54. The lowest BCUT2D eigenvalue weighted by atomic mass is 9.83. The Kier molecular flexibility index (Phi) is 4.98. The molecule has 1 aromatic heterocycles. The Morgan fingerprint density at radius 1 is 1.13 bits per heavy atom. The van der Waals surface area contributed by atoms with Crippen LogP contribution in [0.1, 0.15) is 22.6 Å². The number of ether oxygens (including phenoxy) is 2. The molecule has 3 aromatic rings. The number of benzene rings is 2. The first-order valence-electron chi connectivity index (χ1n) is 10.2. The lowest BCUT2D eigenvalue weighted by molar-refractivity contribution is -0.685. The number of rotatable bonds is 4. The molecule has 3 N–H and O–H groups in total. The maximum absolute atomic E-state index is 9.94. The maximum atomic E-state index is 9.94. The number of aromatic hydroxyl groups is 1. The van der Waals surface area contributed by atoms with Crippen LogP contribution >= 0.6 is 0 Å². The molecular weight excluding hydrogens is 380 g/mol. The number of anilines is 1. The van der Waals surface area contributed by atoms with E-state index in [0.717, 1.165) is 56.1 Å². The van der Waals surface area contributed by atoms with Crippen molar-refractivity contribution in [3.63, 3.8) is 0 Å². The molecule has 0 aliphatic carbocycles. The van der Waals surface area contributed by atoms with Crippen molar-refractivity contribution in [1.82, 2.24) is 9.88 Å². The van der Waals surface area contributed by atoms with E-state index in [0.29, 0.717) is 17.4 Å². The molecule has 0 saturated carbocycles. The SMILES string of the molecule is Nc1c2c(nc[n+]1CCN1CCOCC1)Oc1cc(O)ccc1[C@H]2c1ccccc1. The van der Waals surface area contributed by atoms with Crippen molar-refractivity contribution in [2.75, 3.05) is 38.6 Å². The number of phenolic OH excluding ortho intramolecular Hbond substituents is 1. The molecule has 0 unspecified atom stereocenters. The fraction of sp³-hybridized carbons (Fsp3) is 0.304. The van der Waals surface area contributed by atoms with Crippen molar-refractivity contribution < 1.29 is 19.1 Å². The zero-order chi connectivity index (χ0) is 20.5. The Morgan fingerprint density at radius 2 is 1.93 bits per heavy atom. The summed E-state index contributed by atoms with van der Waals surface area (Å²) >= 11 is 0. The summed E-state index contributed by atoms with van der Waals surface area (Å²) in [5.74, 6) is 1.79. The van der Waals surface area contributed by atoms with Gasteiger partial charge in [-0.05, 0) is 11.6 Å². The van der Waals surface area contributed by atoms with Gasteiger partial charge in [0.25, 0.3) is 0 Å². The first-order valence-corrected chi connectivity index (χ1v) is 10.2. The second-order valence-corrected chi connectivity index (χ2v) is 7.66. The summed E-state index contributed by atoms with van der Waals surface area (Å²) in [7, 11) is 0. The van der Waals surface area contributed by atoms with Crippen LogP contribution in [0.5, 0.6) is 17.4 Å². The van der Waals surface area contributed by atoms with Gasteiger partial charge in [-0.3, -0.25) is 4.90 Å². The molecule has 2 aromatic carbocycles. The van der Waals surface area contributed by atoms with E-state index < -0.39 is 0 Å². The average molecular weight is 405 g/mol. The third-order valence-electron chi connectivity index (χ3n) is 5.83. The quantitative estimate of drug-likeness (QED) is 0.507. The molecular formula is C23H25N4O3+. The molecule has 154 valence electrons. The molecule has 0 bridgehead atoms. The molecule has 30 heavy (non-hydrogen) atoms. The molecule has 0 amide bonds. The summed E-state index contributed by atoms with van der Waals surface area (Å²) in [5, 5.41) is 9.94. The minimum atomic E-state index is -0.117. The predicted octanol–water partition coefficient (Wildman–Crippen LogP) is 2.28. The number of fused-ring (bicyclic) bond motifs is 2. The predicted molar refractivity (Wildman–Crippen MR) is 112 cm³/mol. The molecule has 7 nitrogen and oxygen atoms in total. The van der Waals surface area contributed by atoms with Crippen LogP contribution in [0, 0.1) is 0 Å². The van der Waals surface area contributed by atoms with Crippen LogP contribution in [0.3, 0.4) is 0 Å². The van der Waals surface area contributed by atoms with Gasteiger partial charge in [-0.25, -0.2) is 4.57 Å². The second-order valence-electron chi connectivity index (χ2n) is 7.66. The van der Waals surface area contributed by atoms with Crippen LogP contribution in [0.15, 0.2) is 54.9 Å².